The Morgan fingerprint density at radius 1 is 1.41 bits per heavy atom. The lowest BCUT2D eigenvalue weighted by molar-refractivity contribution is -0.0760. The number of aryl methyl sites for hydroxylation is 1. The van der Waals surface area contributed by atoms with E-state index in [1.165, 1.54) is 6.42 Å². The molecule has 1 aliphatic heterocycles. The summed E-state index contributed by atoms with van der Waals surface area (Å²) in [6.45, 7) is 7.84. The average Bonchev–Trinajstić information content (AvgIpc) is 2.30. The molecule has 4 heteroatoms. The zero-order valence-corrected chi connectivity index (χ0v) is 10.9. The third-order valence-electron chi connectivity index (χ3n) is 3.15. The molecule has 1 fully saturated rings. The molecule has 1 saturated heterocycles. The van der Waals surface area contributed by atoms with Crippen molar-refractivity contribution < 1.29 is 4.74 Å². The highest BCUT2D eigenvalue weighted by atomic mass is 16.5. The molecule has 0 spiro atoms. The molecule has 0 aliphatic carbocycles. The van der Waals surface area contributed by atoms with Crippen LogP contribution in [0.2, 0.25) is 0 Å². The van der Waals surface area contributed by atoms with Gasteiger partial charge in [0.15, 0.2) is 5.82 Å². The zero-order chi connectivity index (χ0) is 12.3. The molecular weight excluding hydrogens is 214 g/mol. The molecule has 0 radical (unpaired) electrons. The van der Waals surface area contributed by atoms with Crippen LogP contribution < -0.4 is 5.32 Å². The summed E-state index contributed by atoms with van der Waals surface area (Å²) in [7, 11) is 0. The quantitative estimate of drug-likeness (QED) is 0.875. The second kappa shape index (κ2) is 5.00. The minimum Gasteiger partial charge on any atom is -0.370 e. The summed E-state index contributed by atoms with van der Waals surface area (Å²) in [5.41, 5.74) is 0.676. The molecule has 1 unspecified atom stereocenters. The van der Waals surface area contributed by atoms with E-state index in [1.807, 2.05) is 13.0 Å². The molecule has 0 amide bonds. The maximum Gasteiger partial charge on any atom is 0.162 e. The molecule has 1 N–H and O–H groups in total. The van der Waals surface area contributed by atoms with Crippen LogP contribution in [0.1, 0.15) is 44.6 Å². The Bertz CT molecular complexity index is 386. The number of rotatable bonds is 3. The Labute approximate surface area is 103 Å². The lowest BCUT2D eigenvalue weighted by Gasteiger charge is -2.32. The van der Waals surface area contributed by atoms with E-state index in [2.05, 4.69) is 29.1 Å². The fourth-order valence-corrected chi connectivity index (χ4v) is 2.19. The Morgan fingerprint density at radius 3 is 2.88 bits per heavy atom. The van der Waals surface area contributed by atoms with Gasteiger partial charge in [-0.15, -0.1) is 0 Å². The van der Waals surface area contributed by atoms with Gasteiger partial charge in [-0.1, -0.05) is 0 Å². The van der Waals surface area contributed by atoms with Gasteiger partial charge in [-0.3, -0.25) is 0 Å². The van der Waals surface area contributed by atoms with E-state index >= 15 is 0 Å². The Hall–Kier alpha value is -1.16. The van der Waals surface area contributed by atoms with Gasteiger partial charge < -0.3 is 10.1 Å². The Morgan fingerprint density at radius 2 is 2.24 bits per heavy atom. The first-order valence-electron chi connectivity index (χ1n) is 6.38. The van der Waals surface area contributed by atoms with Gasteiger partial charge >= 0.3 is 0 Å². The second-order valence-corrected chi connectivity index (χ2v) is 4.78. The fraction of sp³-hybridized carbons (Fsp3) is 0.692. The molecule has 0 saturated carbocycles. The minimum absolute atomic E-state index is 0.311. The minimum atomic E-state index is -0.311. The smallest absolute Gasteiger partial charge is 0.162 e. The number of hydrogen-bond donors (Lipinski definition) is 1. The summed E-state index contributed by atoms with van der Waals surface area (Å²) in [4.78, 5) is 9.11. The molecule has 94 valence electrons. The van der Waals surface area contributed by atoms with Crippen molar-refractivity contribution in [3.05, 3.63) is 17.6 Å². The standard InChI is InChI=1S/C13H21N3O/c1-4-14-11-9-10(2)15-12(16-11)13(3)7-5-6-8-17-13/h9H,4-8H2,1-3H3,(H,14,15,16). The van der Waals surface area contributed by atoms with Crippen LogP contribution in [0.3, 0.4) is 0 Å². The van der Waals surface area contributed by atoms with Crippen molar-refractivity contribution >= 4 is 5.82 Å². The number of anilines is 1. The predicted molar refractivity (Wildman–Crippen MR) is 68.1 cm³/mol. The van der Waals surface area contributed by atoms with Crippen molar-refractivity contribution in [1.82, 2.24) is 9.97 Å². The van der Waals surface area contributed by atoms with Crippen LogP contribution in [0, 0.1) is 6.92 Å². The topological polar surface area (TPSA) is 47.0 Å². The van der Waals surface area contributed by atoms with Crippen molar-refractivity contribution in [2.75, 3.05) is 18.5 Å². The third-order valence-corrected chi connectivity index (χ3v) is 3.15. The van der Waals surface area contributed by atoms with E-state index in [0.717, 1.165) is 43.3 Å². The maximum absolute atomic E-state index is 5.89. The van der Waals surface area contributed by atoms with Gasteiger partial charge in [0.25, 0.3) is 0 Å². The average molecular weight is 235 g/mol. The van der Waals surface area contributed by atoms with Crippen LogP contribution in [-0.2, 0) is 10.3 Å². The summed E-state index contributed by atoms with van der Waals surface area (Å²) < 4.78 is 5.89. The molecule has 1 atom stereocenters. The summed E-state index contributed by atoms with van der Waals surface area (Å²) in [6, 6.07) is 1.97. The summed E-state index contributed by atoms with van der Waals surface area (Å²) in [5, 5.41) is 3.24. The second-order valence-electron chi connectivity index (χ2n) is 4.78. The summed E-state index contributed by atoms with van der Waals surface area (Å²) in [5.74, 6) is 1.71. The van der Waals surface area contributed by atoms with Crippen LogP contribution in [0.25, 0.3) is 0 Å². The Balaban J connectivity index is 2.30. The van der Waals surface area contributed by atoms with Crippen LogP contribution in [0.15, 0.2) is 6.07 Å². The molecule has 1 aliphatic rings. The van der Waals surface area contributed by atoms with Gasteiger partial charge in [-0.05, 0) is 40.0 Å². The highest BCUT2D eigenvalue weighted by molar-refractivity contribution is 5.36. The highest BCUT2D eigenvalue weighted by Crippen LogP contribution is 2.33. The lowest BCUT2D eigenvalue weighted by Crippen LogP contribution is -2.32. The van der Waals surface area contributed by atoms with Crippen molar-refractivity contribution in [1.29, 1.82) is 0 Å². The van der Waals surface area contributed by atoms with Crippen LogP contribution in [0.4, 0.5) is 5.82 Å². The SMILES string of the molecule is CCNc1cc(C)nc(C2(C)CCCCO2)n1. The summed E-state index contributed by atoms with van der Waals surface area (Å²) >= 11 is 0. The van der Waals surface area contributed by atoms with E-state index in [9.17, 15) is 0 Å². The molecule has 2 heterocycles. The van der Waals surface area contributed by atoms with Crippen molar-refractivity contribution in [3.63, 3.8) is 0 Å². The number of nitrogens with zero attached hydrogens (tertiary/aromatic N) is 2. The summed E-state index contributed by atoms with van der Waals surface area (Å²) in [6.07, 6.45) is 3.33. The van der Waals surface area contributed by atoms with Gasteiger partial charge in [0.05, 0.1) is 0 Å². The van der Waals surface area contributed by atoms with E-state index in [-0.39, 0.29) is 5.60 Å². The van der Waals surface area contributed by atoms with Crippen LogP contribution >= 0.6 is 0 Å². The lowest BCUT2D eigenvalue weighted by atomic mass is 9.95. The first-order chi connectivity index (χ1) is 8.14. The van der Waals surface area contributed by atoms with Crippen molar-refractivity contribution in [2.45, 2.75) is 45.6 Å². The number of ether oxygens (including phenoxy) is 1. The van der Waals surface area contributed by atoms with Gasteiger partial charge in [0.2, 0.25) is 0 Å². The van der Waals surface area contributed by atoms with Crippen molar-refractivity contribution in [3.8, 4) is 0 Å². The van der Waals surface area contributed by atoms with Crippen LogP contribution in [-0.4, -0.2) is 23.1 Å². The van der Waals surface area contributed by atoms with Crippen LogP contribution in [0.5, 0.6) is 0 Å². The van der Waals surface area contributed by atoms with Gasteiger partial charge in [-0.2, -0.15) is 0 Å². The molecule has 2 rings (SSSR count). The van der Waals surface area contributed by atoms with Gasteiger partial charge in [0, 0.05) is 24.9 Å². The molecule has 0 bridgehead atoms. The fourth-order valence-electron chi connectivity index (χ4n) is 2.19. The monoisotopic (exact) mass is 235 g/mol. The van der Waals surface area contributed by atoms with E-state index in [0.29, 0.717) is 0 Å². The number of nitrogens with one attached hydrogen (secondary N) is 1. The molecule has 4 nitrogen and oxygen atoms in total. The molecule has 1 aromatic heterocycles. The molecule has 0 aromatic carbocycles. The number of hydrogen-bond acceptors (Lipinski definition) is 4. The number of aromatic nitrogens is 2. The maximum atomic E-state index is 5.89. The Kier molecular flexibility index (Phi) is 3.62. The van der Waals surface area contributed by atoms with E-state index in [4.69, 9.17) is 4.74 Å². The first kappa shape index (κ1) is 12.3. The van der Waals surface area contributed by atoms with Gasteiger partial charge in [-0.25, -0.2) is 9.97 Å². The predicted octanol–water partition coefficient (Wildman–Crippen LogP) is 2.63. The van der Waals surface area contributed by atoms with Gasteiger partial charge in [0.1, 0.15) is 11.4 Å². The zero-order valence-electron chi connectivity index (χ0n) is 10.9. The molecular formula is C13H21N3O. The van der Waals surface area contributed by atoms with Crippen molar-refractivity contribution in [2.24, 2.45) is 0 Å². The largest absolute Gasteiger partial charge is 0.370 e. The third kappa shape index (κ3) is 2.75. The normalized spacial score (nSPS) is 24.6. The van der Waals surface area contributed by atoms with E-state index < -0.39 is 0 Å². The molecule has 17 heavy (non-hydrogen) atoms. The first-order valence-corrected chi connectivity index (χ1v) is 6.38. The highest BCUT2D eigenvalue weighted by Gasteiger charge is 2.33. The van der Waals surface area contributed by atoms with E-state index in [1.54, 1.807) is 0 Å². The molecule has 1 aromatic rings.